The summed E-state index contributed by atoms with van der Waals surface area (Å²) in [5.74, 6) is 0. The first-order valence-electron chi connectivity index (χ1n) is 5.68. The molecule has 2 rings (SSSR count). The Morgan fingerprint density at radius 3 is 2.53 bits per heavy atom. The van der Waals surface area contributed by atoms with Gasteiger partial charge in [-0.05, 0) is 40.5 Å². The van der Waals surface area contributed by atoms with Crippen LogP contribution in [0.15, 0.2) is 22.7 Å². The smallest absolute Gasteiger partial charge is 0.252 e. The number of fused-ring (bicyclic) bond motifs is 1. The third-order valence-corrected chi connectivity index (χ3v) is 3.52. The van der Waals surface area contributed by atoms with Gasteiger partial charge in [-0.15, -0.1) is 0 Å². The van der Waals surface area contributed by atoms with Gasteiger partial charge in [0.05, 0.1) is 11.1 Å². The van der Waals surface area contributed by atoms with E-state index in [-0.39, 0.29) is 10.4 Å². The van der Waals surface area contributed by atoms with E-state index >= 15 is 0 Å². The normalized spacial score (nSPS) is 12.1. The summed E-state index contributed by atoms with van der Waals surface area (Å²) in [6.07, 6.45) is -3.18. The molecule has 0 unspecified atom stereocenters. The highest BCUT2D eigenvalue weighted by atomic mass is 79.9. The molecule has 6 heteroatoms. The van der Waals surface area contributed by atoms with Crippen molar-refractivity contribution in [2.75, 3.05) is 0 Å². The molecule has 0 aliphatic carbocycles. The van der Waals surface area contributed by atoms with Crippen LogP contribution in [0.5, 0.6) is 0 Å². The van der Waals surface area contributed by atoms with E-state index in [0.717, 1.165) is 12.5 Å². The summed E-state index contributed by atoms with van der Waals surface area (Å²) in [5.41, 5.74) is 0.0390. The molecule has 0 N–H and O–H groups in total. The minimum Gasteiger partial charge on any atom is -0.252 e. The van der Waals surface area contributed by atoms with Crippen LogP contribution in [-0.4, -0.2) is 4.98 Å². The topological polar surface area (TPSA) is 12.9 Å². The molecule has 0 bridgehead atoms. The Morgan fingerprint density at radius 1 is 1.26 bits per heavy atom. The van der Waals surface area contributed by atoms with Crippen molar-refractivity contribution in [1.29, 1.82) is 0 Å². The molecular formula is C13H10BrClF3N. The Labute approximate surface area is 121 Å². The molecule has 0 aliphatic heterocycles. The summed E-state index contributed by atoms with van der Waals surface area (Å²) in [6.45, 7) is 1.90. The standard InChI is InChI=1S/C13H10BrClF3N/c1-2-3-8-6-10(13(16,17)18)9-4-7(15)5-11(14)12(9)19-8/h4-6H,2-3H2,1H3. The molecule has 0 radical (unpaired) electrons. The van der Waals surface area contributed by atoms with Gasteiger partial charge in [0.2, 0.25) is 0 Å². The number of benzene rings is 1. The fraction of sp³-hybridized carbons (Fsp3) is 0.308. The third kappa shape index (κ3) is 3.03. The van der Waals surface area contributed by atoms with Crippen molar-refractivity contribution in [3.05, 3.63) is 39.0 Å². The number of aryl methyl sites for hydroxylation is 1. The number of aromatic nitrogens is 1. The molecule has 0 saturated carbocycles. The zero-order valence-electron chi connectivity index (χ0n) is 9.98. The number of halogens is 5. The van der Waals surface area contributed by atoms with Crippen molar-refractivity contribution in [2.24, 2.45) is 0 Å². The summed E-state index contributed by atoms with van der Waals surface area (Å²) >= 11 is 9.04. The van der Waals surface area contributed by atoms with Gasteiger partial charge in [0, 0.05) is 20.6 Å². The van der Waals surface area contributed by atoms with E-state index in [0.29, 0.717) is 22.1 Å². The van der Waals surface area contributed by atoms with Gasteiger partial charge in [0.15, 0.2) is 0 Å². The molecule has 0 aliphatic rings. The highest BCUT2D eigenvalue weighted by Gasteiger charge is 2.33. The second kappa shape index (κ2) is 5.29. The fourth-order valence-electron chi connectivity index (χ4n) is 1.92. The predicted octanol–water partition coefficient (Wildman–Crippen LogP) is 5.62. The molecule has 0 saturated heterocycles. The first-order chi connectivity index (χ1) is 8.82. The molecule has 0 spiro atoms. The lowest BCUT2D eigenvalue weighted by atomic mass is 10.1. The van der Waals surface area contributed by atoms with Crippen LogP contribution in [0, 0.1) is 0 Å². The second-order valence-corrected chi connectivity index (χ2v) is 5.48. The minimum absolute atomic E-state index is 0.0201. The molecule has 1 aromatic carbocycles. The summed E-state index contributed by atoms with van der Waals surface area (Å²) < 4.78 is 39.8. The van der Waals surface area contributed by atoms with E-state index in [9.17, 15) is 13.2 Å². The Hall–Kier alpha value is -0.810. The van der Waals surface area contributed by atoms with Gasteiger partial charge in [-0.2, -0.15) is 13.2 Å². The van der Waals surface area contributed by atoms with Gasteiger partial charge in [-0.3, -0.25) is 4.98 Å². The van der Waals surface area contributed by atoms with Gasteiger partial charge >= 0.3 is 6.18 Å². The minimum atomic E-state index is -4.42. The molecular weight excluding hydrogens is 343 g/mol. The summed E-state index contributed by atoms with van der Waals surface area (Å²) in [6, 6.07) is 3.95. The molecule has 1 nitrogen and oxygen atoms in total. The van der Waals surface area contributed by atoms with Crippen LogP contribution in [0.3, 0.4) is 0 Å². The largest absolute Gasteiger partial charge is 0.417 e. The SMILES string of the molecule is CCCc1cc(C(F)(F)F)c2cc(Cl)cc(Br)c2n1. The van der Waals surface area contributed by atoms with Crippen LogP contribution < -0.4 is 0 Å². The lowest BCUT2D eigenvalue weighted by Gasteiger charge is -2.13. The Bertz CT molecular complexity index is 625. The van der Waals surface area contributed by atoms with Gasteiger partial charge in [-0.25, -0.2) is 0 Å². The van der Waals surface area contributed by atoms with Crippen molar-refractivity contribution in [3.63, 3.8) is 0 Å². The van der Waals surface area contributed by atoms with E-state index < -0.39 is 11.7 Å². The lowest BCUT2D eigenvalue weighted by Crippen LogP contribution is -2.08. The maximum atomic E-state index is 13.1. The molecule has 0 amide bonds. The highest BCUT2D eigenvalue weighted by Crippen LogP contribution is 2.38. The van der Waals surface area contributed by atoms with Crippen molar-refractivity contribution in [2.45, 2.75) is 25.9 Å². The average Bonchev–Trinajstić information content (AvgIpc) is 2.28. The fourth-order valence-corrected chi connectivity index (χ4v) is 2.82. The van der Waals surface area contributed by atoms with Crippen LogP contribution in [0.1, 0.15) is 24.6 Å². The van der Waals surface area contributed by atoms with Gasteiger partial charge in [-0.1, -0.05) is 24.9 Å². The zero-order chi connectivity index (χ0) is 14.2. The zero-order valence-corrected chi connectivity index (χ0v) is 12.3. The molecule has 0 atom stereocenters. The summed E-state index contributed by atoms with van der Waals surface area (Å²) in [4.78, 5) is 4.27. The molecule has 0 fully saturated rings. The predicted molar refractivity (Wildman–Crippen MR) is 73.5 cm³/mol. The summed E-state index contributed by atoms with van der Waals surface area (Å²) in [5, 5.41) is 0.265. The molecule has 2 aromatic rings. The Balaban J connectivity index is 2.82. The van der Waals surface area contributed by atoms with Crippen LogP contribution >= 0.6 is 27.5 Å². The third-order valence-electron chi connectivity index (χ3n) is 2.70. The Morgan fingerprint density at radius 2 is 1.95 bits per heavy atom. The van der Waals surface area contributed by atoms with Crippen molar-refractivity contribution in [3.8, 4) is 0 Å². The number of pyridine rings is 1. The van der Waals surface area contributed by atoms with Crippen molar-refractivity contribution in [1.82, 2.24) is 4.98 Å². The van der Waals surface area contributed by atoms with E-state index in [1.165, 1.54) is 6.07 Å². The monoisotopic (exact) mass is 351 g/mol. The molecule has 1 heterocycles. The maximum absolute atomic E-state index is 13.1. The quantitative estimate of drug-likeness (QED) is 0.683. The summed E-state index contributed by atoms with van der Waals surface area (Å²) in [7, 11) is 0. The lowest BCUT2D eigenvalue weighted by molar-refractivity contribution is -0.136. The first kappa shape index (κ1) is 14.6. The van der Waals surface area contributed by atoms with Crippen LogP contribution in [0.25, 0.3) is 10.9 Å². The van der Waals surface area contributed by atoms with E-state index in [2.05, 4.69) is 20.9 Å². The molecule has 102 valence electrons. The number of alkyl halides is 3. The van der Waals surface area contributed by atoms with E-state index in [1.807, 2.05) is 6.92 Å². The highest BCUT2D eigenvalue weighted by molar-refractivity contribution is 9.10. The molecule has 19 heavy (non-hydrogen) atoms. The van der Waals surface area contributed by atoms with Crippen molar-refractivity contribution >= 4 is 38.4 Å². The van der Waals surface area contributed by atoms with Gasteiger partial charge < -0.3 is 0 Å². The van der Waals surface area contributed by atoms with Gasteiger partial charge in [0.1, 0.15) is 0 Å². The number of hydrogen-bond acceptors (Lipinski definition) is 1. The number of hydrogen-bond donors (Lipinski definition) is 0. The average molecular weight is 353 g/mol. The first-order valence-corrected chi connectivity index (χ1v) is 6.86. The number of nitrogens with zero attached hydrogens (tertiary/aromatic N) is 1. The molecule has 1 aromatic heterocycles. The van der Waals surface area contributed by atoms with E-state index in [4.69, 9.17) is 11.6 Å². The Kier molecular flexibility index (Phi) is 4.06. The van der Waals surface area contributed by atoms with Gasteiger partial charge in [0.25, 0.3) is 0 Å². The van der Waals surface area contributed by atoms with E-state index in [1.54, 1.807) is 6.07 Å². The van der Waals surface area contributed by atoms with Crippen LogP contribution in [0.2, 0.25) is 5.02 Å². The van der Waals surface area contributed by atoms with Crippen LogP contribution in [-0.2, 0) is 12.6 Å². The number of rotatable bonds is 2. The maximum Gasteiger partial charge on any atom is 0.417 e. The second-order valence-electron chi connectivity index (χ2n) is 4.19. The van der Waals surface area contributed by atoms with Crippen molar-refractivity contribution < 1.29 is 13.2 Å². The van der Waals surface area contributed by atoms with Crippen LogP contribution in [0.4, 0.5) is 13.2 Å².